The minimum absolute atomic E-state index is 0.101. The van der Waals surface area contributed by atoms with E-state index in [1.54, 1.807) is 6.07 Å². The molecule has 4 nitrogen and oxygen atoms in total. The van der Waals surface area contributed by atoms with Crippen LogP contribution in [0.2, 0.25) is 0 Å². The molecule has 0 fully saturated rings. The van der Waals surface area contributed by atoms with Crippen molar-refractivity contribution in [2.75, 3.05) is 0 Å². The number of phenolic OH excluding ortho intramolecular Hbond substituents is 3. The summed E-state index contributed by atoms with van der Waals surface area (Å²) >= 11 is 0. The molecule has 96 valence electrons. The van der Waals surface area contributed by atoms with Gasteiger partial charge in [0.2, 0.25) is 0 Å². The topological polar surface area (TPSA) is 77.8 Å². The Morgan fingerprint density at radius 3 is 2.21 bits per heavy atom. The molecule has 0 heterocycles. The molecule has 0 unspecified atom stereocenters. The Morgan fingerprint density at radius 2 is 1.58 bits per heavy atom. The first-order valence-electron chi connectivity index (χ1n) is 5.60. The van der Waals surface area contributed by atoms with Crippen LogP contribution in [0.15, 0.2) is 48.5 Å². The molecule has 0 saturated heterocycles. The quantitative estimate of drug-likeness (QED) is 0.448. The number of carbonyl (C=O) groups excluding carboxylic acids is 1. The summed E-state index contributed by atoms with van der Waals surface area (Å²) < 4.78 is 0. The second-order valence-electron chi connectivity index (χ2n) is 3.99. The number of hydrogen-bond acceptors (Lipinski definition) is 4. The first-order chi connectivity index (χ1) is 9.06. The SMILES string of the molecule is O=C(/C=C/c1ccc(O)c(O)c1)c1ccc(O)cc1. The van der Waals surface area contributed by atoms with Crippen molar-refractivity contribution in [2.24, 2.45) is 0 Å². The van der Waals surface area contributed by atoms with E-state index in [0.717, 1.165) is 0 Å². The van der Waals surface area contributed by atoms with Crippen molar-refractivity contribution >= 4 is 11.9 Å². The Balaban J connectivity index is 2.15. The van der Waals surface area contributed by atoms with Gasteiger partial charge in [0, 0.05) is 5.56 Å². The van der Waals surface area contributed by atoms with Gasteiger partial charge in [-0.25, -0.2) is 0 Å². The van der Waals surface area contributed by atoms with Crippen LogP contribution in [0.25, 0.3) is 6.08 Å². The summed E-state index contributed by atoms with van der Waals surface area (Å²) in [6.45, 7) is 0. The van der Waals surface area contributed by atoms with Crippen LogP contribution in [0, 0.1) is 0 Å². The smallest absolute Gasteiger partial charge is 0.185 e. The lowest BCUT2D eigenvalue weighted by Crippen LogP contribution is -1.92. The van der Waals surface area contributed by atoms with Gasteiger partial charge in [-0.1, -0.05) is 12.1 Å². The van der Waals surface area contributed by atoms with E-state index >= 15 is 0 Å². The van der Waals surface area contributed by atoms with E-state index in [9.17, 15) is 9.90 Å². The summed E-state index contributed by atoms with van der Waals surface area (Å²) in [6.07, 6.45) is 2.90. The number of hydrogen-bond donors (Lipinski definition) is 3. The van der Waals surface area contributed by atoms with E-state index in [1.165, 1.54) is 48.6 Å². The van der Waals surface area contributed by atoms with Gasteiger partial charge in [0.15, 0.2) is 17.3 Å². The summed E-state index contributed by atoms with van der Waals surface area (Å²) in [5.41, 5.74) is 1.06. The summed E-state index contributed by atoms with van der Waals surface area (Å²) in [6, 6.07) is 10.2. The normalized spacial score (nSPS) is 10.7. The van der Waals surface area contributed by atoms with E-state index in [4.69, 9.17) is 10.2 Å². The van der Waals surface area contributed by atoms with Crippen LogP contribution in [0.5, 0.6) is 17.2 Å². The maximum absolute atomic E-state index is 11.8. The number of allylic oxidation sites excluding steroid dienone is 1. The zero-order chi connectivity index (χ0) is 13.8. The van der Waals surface area contributed by atoms with E-state index in [2.05, 4.69) is 0 Å². The molecule has 0 spiro atoms. The van der Waals surface area contributed by atoms with Crippen molar-refractivity contribution in [3.63, 3.8) is 0 Å². The van der Waals surface area contributed by atoms with Crippen LogP contribution in [-0.2, 0) is 0 Å². The molecule has 0 aromatic heterocycles. The molecule has 0 aliphatic heterocycles. The van der Waals surface area contributed by atoms with E-state index in [1.807, 2.05) is 0 Å². The predicted octanol–water partition coefficient (Wildman–Crippen LogP) is 2.70. The predicted molar refractivity (Wildman–Crippen MR) is 71.2 cm³/mol. The monoisotopic (exact) mass is 256 g/mol. The minimum Gasteiger partial charge on any atom is -0.508 e. The highest BCUT2D eigenvalue weighted by Crippen LogP contribution is 2.25. The molecular formula is C15H12O4. The van der Waals surface area contributed by atoms with Crippen molar-refractivity contribution in [1.82, 2.24) is 0 Å². The number of benzene rings is 2. The van der Waals surface area contributed by atoms with Crippen molar-refractivity contribution in [1.29, 1.82) is 0 Å². The second-order valence-corrected chi connectivity index (χ2v) is 3.99. The largest absolute Gasteiger partial charge is 0.508 e. The Kier molecular flexibility index (Phi) is 3.52. The van der Waals surface area contributed by atoms with E-state index in [0.29, 0.717) is 11.1 Å². The van der Waals surface area contributed by atoms with Gasteiger partial charge in [-0.2, -0.15) is 0 Å². The molecule has 0 amide bonds. The molecule has 0 aliphatic carbocycles. The molecule has 0 radical (unpaired) electrons. The summed E-state index contributed by atoms with van der Waals surface area (Å²) in [7, 11) is 0. The third-order valence-electron chi connectivity index (χ3n) is 2.58. The molecule has 2 aromatic rings. The van der Waals surface area contributed by atoms with Crippen LogP contribution in [0.1, 0.15) is 15.9 Å². The number of carbonyl (C=O) groups is 1. The van der Waals surface area contributed by atoms with Gasteiger partial charge in [0.1, 0.15) is 5.75 Å². The van der Waals surface area contributed by atoms with Crippen molar-refractivity contribution in [3.8, 4) is 17.2 Å². The fourth-order valence-corrected chi connectivity index (χ4v) is 1.54. The average Bonchev–Trinajstić information content (AvgIpc) is 2.40. The molecule has 19 heavy (non-hydrogen) atoms. The van der Waals surface area contributed by atoms with Gasteiger partial charge in [0.05, 0.1) is 0 Å². The Bertz CT molecular complexity index is 627. The van der Waals surface area contributed by atoms with Gasteiger partial charge in [-0.3, -0.25) is 4.79 Å². The first kappa shape index (κ1) is 12.7. The van der Waals surface area contributed by atoms with Gasteiger partial charge >= 0.3 is 0 Å². The van der Waals surface area contributed by atoms with Gasteiger partial charge in [-0.15, -0.1) is 0 Å². The maximum atomic E-state index is 11.8. The molecule has 4 heteroatoms. The Hall–Kier alpha value is -2.75. The molecular weight excluding hydrogens is 244 g/mol. The third-order valence-corrected chi connectivity index (χ3v) is 2.58. The molecule has 2 rings (SSSR count). The average molecular weight is 256 g/mol. The second kappa shape index (κ2) is 5.27. The molecule has 0 aliphatic rings. The van der Waals surface area contributed by atoms with Gasteiger partial charge < -0.3 is 15.3 Å². The van der Waals surface area contributed by atoms with Crippen LogP contribution >= 0.6 is 0 Å². The molecule has 3 N–H and O–H groups in total. The number of rotatable bonds is 3. The first-order valence-corrected chi connectivity index (χ1v) is 5.60. The molecule has 2 aromatic carbocycles. The highest BCUT2D eigenvalue weighted by Gasteiger charge is 2.02. The number of aromatic hydroxyl groups is 3. The maximum Gasteiger partial charge on any atom is 0.185 e. The van der Waals surface area contributed by atoms with Crippen LogP contribution in [-0.4, -0.2) is 21.1 Å². The van der Waals surface area contributed by atoms with Crippen LogP contribution in [0.4, 0.5) is 0 Å². The molecule has 0 atom stereocenters. The van der Waals surface area contributed by atoms with Crippen LogP contribution in [0.3, 0.4) is 0 Å². The van der Waals surface area contributed by atoms with Gasteiger partial charge in [-0.05, 0) is 48.0 Å². The summed E-state index contributed by atoms with van der Waals surface area (Å²) in [4.78, 5) is 11.8. The standard InChI is InChI=1S/C15H12O4/c16-12-5-3-11(4-6-12)13(17)7-1-10-2-8-14(18)15(19)9-10/h1-9,16,18-19H/b7-1+. The lowest BCUT2D eigenvalue weighted by Gasteiger charge is -1.99. The number of phenols is 3. The summed E-state index contributed by atoms with van der Waals surface area (Å²) in [5.74, 6) is -0.558. The summed E-state index contributed by atoms with van der Waals surface area (Å²) in [5, 5.41) is 27.6. The zero-order valence-corrected chi connectivity index (χ0v) is 9.95. The van der Waals surface area contributed by atoms with Crippen molar-refractivity contribution in [3.05, 3.63) is 59.7 Å². The lowest BCUT2D eigenvalue weighted by atomic mass is 10.1. The Labute approximate surface area is 109 Å². The highest BCUT2D eigenvalue weighted by molar-refractivity contribution is 6.06. The fraction of sp³-hybridized carbons (Fsp3) is 0. The molecule has 0 saturated carbocycles. The molecule has 0 bridgehead atoms. The van der Waals surface area contributed by atoms with Crippen molar-refractivity contribution in [2.45, 2.75) is 0 Å². The van der Waals surface area contributed by atoms with Crippen LogP contribution < -0.4 is 0 Å². The van der Waals surface area contributed by atoms with E-state index in [-0.39, 0.29) is 23.0 Å². The minimum atomic E-state index is -0.237. The third kappa shape index (κ3) is 3.13. The highest BCUT2D eigenvalue weighted by atomic mass is 16.3. The number of ketones is 1. The zero-order valence-electron chi connectivity index (χ0n) is 9.95. The van der Waals surface area contributed by atoms with Crippen molar-refractivity contribution < 1.29 is 20.1 Å². The van der Waals surface area contributed by atoms with Gasteiger partial charge in [0.25, 0.3) is 0 Å². The fourth-order valence-electron chi connectivity index (χ4n) is 1.54. The lowest BCUT2D eigenvalue weighted by molar-refractivity contribution is 0.104. The Morgan fingerprint density at radius 1 is 0.895 bits per heavy atom. The van der Waals surface area contributed by atoms with E-state index < -0.39 is 0 Å².